The summed E-state index contributed by atoms with van der Waals surface area (Å²) < 4.78 is 3.73. The van der Waals surface area contributed by atoms with Crippen molar-refractivity contribution in [2.24, 2.45) is 7.05 Å². The Bertz CT molecular complexity index is 1450. The second kappa shape index (κ2) is 8.40. The summed E-state index contributed by atoms with van der Waals surface area (Å²) in [6, 6.07) is 11.2. The third kappa shape index (κ3) is 3.80. The van der Waals surface area contributed by atoms with Gasteiger partial charge in [-0.3, -0.25) is 9.58 Å². The molecule has 1 aromatic carbocycles. The van der Waals surface area contributed by atoms with Gasteiger partial charge in [0.05, 0.1) is 11.9 Å². The summed E-state index contributed by atoms with van der Waals surface area (Å²) in [5, 5.41) is 9.98. The van der Waals surface area contributed by atoms with Gasteiger partial charge in [0.2, 0.25) is 0 Å². The van der Waals surface area contributed by atoms with Crippen LogP contribution in [0.3, 0.4) is 0 Å². The smallest absolute Gasteiger partial charge is 0.155 e. The average molecular weight is 454 g/mol. The Hall–Kier alpha value is -3.45. The highest BCUT2D eigenvalue weighted by Crippen LogP contribution is 2.38. The van der Waals surface area contributed by atoms with Crippen LogP contribution < -0.4 is 0 Å². The number of benzene rings is 1. The summed E-state index contributed by atoms with van der Waals surface area (Å²) in [6.45, 7) is 7.82. The van der Waals surface area contributed by atoms with Crippen molar-refractivity contribution in [2.75, 3.05) is 13.1 Å². The van der Waals surface area contributed by atoms with E-state index in [0.29, 0.717) is 11.8 Å². The molecule has 1 aliphatic heterocycles. The molecule has 0 aliphatic carbocycles. The summed E-state index contributed by atoms with van der Waals surface area (Å²) in [5.41, 5.74) is 8.54. The van der Waals surface area contributed by atoms with Crippen molar-refractivity contribution in [1.82, 2.24) is 34.3 Å². The normalized spacial score (nSPS) is 15.8. The number of rotatable bonds is 5. The van der Waals surface area contributed by atoms with Crippen molar-refractivity contribution in [3.05, 3.63) is 71.9 Å². The lowest BCUT2D eigenvalue weighted by molar-refractivity contribution is 0.204. The number of hydrogen-bond donors (Lipinski definition) is 1. The zero-order chi connectivity index (χ0) is 23.2. The Morgan fingerprint density at radius 3 is 2.68 bits per heavy atom. The standard InChI is InChI=1S/C27H31N7/c1-18(2)26-23-12-21(20-8-10-33(11-9-20)15-19-13-29-32(3)14-19)4-6-24(23)31-27(26)22-5-7-25-28-17-30-34(25)16-22/h4-7,12-14,16-18,20,31H,8-11,15H2,1-3H3. The molecule has 174 valence electrons. The lowest BCUT2D eigenvalue weighted by Gasteiger charge is -2.32. The third-order valence-electron chi connectivity index (χ3n) is 7.23. The van der Waals surface area contributed by atoms with Crippen LogP contribution in [0, 0.1) is 0 Å². The van der Waals surface area contributed by atoms with Crippen LogP contribution in [0.15, 0.2) is 55.2 Å². The Balaban J connectivity index is 1.27. The van der Waals surface area contributed by atoms with E-state index >= 15 is 0 Å². The predicted octanol–water partition coefficient (Wildman–Crippen LogP) is 5.11. The number of nitrogens with one attached hydrogen (secondary N) is 1. The molecule has 1 fully saturated rings. The van der Waals surface area contributed by atoms with E-state index in [9.17, 15) is 0 Å². The number of likely N-dealkylation sites (tertiary alicyclic amines) is 1. The fourth-order valence-electron chi connectivity index (χ4n) is 5.51. The van der Waals surface area contributed by atoms with Crippen LogP contribution in [0.25, 0.3) is 27.8 Å². The van der Waals surface area contributed by atoms with Gasteiger partial charge in [-0.25, -0.2) is 9.50 Å². The minimum absolute atomic E-state index is 0.409. The van der Waals surface area contributed by atoms with E-state index < -0.39 is 0 Å². The van der Waals surface area contributed by atoms with E-state index in [2.05, 4.69) is 75.6 Å². The first-order chi connectivity index (χ1) is 16.5. The molecule has 0 amide bonds. The first kappa shape index (κ1) is 21.1. The Labute approximate surface area is 199 Å². The Kier molecular flexibility index (Phi) is 5.21. The lowest BCUT2D eigenvalue weighted by Crippen LogP contribution is -2.32. The number of aromatic nitrogens is 6. The summed E-state index contributed by atoms with van der Waals surface area (Å²) in [4.78, 5) is 10.5. The van der Waals surface area contributed by atoms with E-state index in [-0.39, 0.29) is 0 Å². The van der Waals surface area contributed by atoms with Gasteiger partial charge in [-0.05, 0) is 73.2 Å². The zero-order valence-electron chi connectivity index (χ0n) is 20.1. The van der Waals surface area contributed by atoms with E-state index in [4.69, 9.17) is 0 Å². The van der Waals surface area contributed by atoms with Crippen molar-refractivity contribution < 1.29 is 0 Å². The highest BCUT2D eigenvalue weighted by Gasteiger charge is 2.23. The van der Waals surface area contributed by atoms with Gasteiger partial charge >= 0.3 is 0 Å². The molecular weight excluding hydrogens is 422 g/mol. The topological polar surface area (TPSA) is 67.0 Å². The van der Waals surface area contributed by atoms with Crippen LogP contribution in [-0.2, 0) is 13.6 Å². The maximum atomic E-state index is 4.33. The fourth-order valence-corrected chi connectivity index (χ4v) is 5.51. The van der Waals surface area contributed by atoms with Gasteiger partial charge in [-0.1, -0.05) is 19.9 Å². The molecule has 6 rings (SSSR count). The quantitative estimate of drug-likeness (QED) is 0.401. The van der Waals surface area contributed by atoms with E-state index in [1.54, 1.807) is 6.33 Å². The molecule has 7 nitrogen and oxygen atoms in total. The SMILES string of the molecule is CC(C)c1c(-c2ccc3ncnn3c2)[nH]c2ccc(C3CCN(Cc4cnn(C)c4)CC3)cc12. The highest BCUT2D eigenvalue weighted by atomic mass is 15.3. The monoisotopic (exact) mass is 453 g/mol. The molecule has 0 bridgehead atoms. The number of nitrogens with zero attached hydrogens (tertiary/aromatic N) is 6. The summed E-state index contributed by atoms with van der Waals surface area (Å²) in [5.74, 6) is 1.02. The predicted molar refractivity (Wildman–Crippen MR) is 135 cm³/mol. The minimum Gasteiger partial charge on any atom is -0.354 e. The van der Waals surface area contributed by atoms with Crippen LogP contribution in [-0.4, -0.2) is 47.4 Å². The van der Waals surface area contributed by atoms with Gasteiger partial charge in [0.1, 0.15) is 6.33 Å². The Morgan fingerprint density at radius 2 is 1.91 bits per heavy atom. The number of aryl methyl sites for hydroxylation is 1. The minimum atomic E-state index is 0.409. The van der Waals surface area contributed by atoms with Crippen LogP contribution in [0.2, 0.25) is 0 Å². The van der Waals surface area contributed by atoms with Crippen molar-refractivity contribution in [1.29, 1.82) is 0 Å². The molecule has 5 aromatic rings. The number of pyridine rings is 1. The highest BCUT2D eigenvalue weighted by molar-refractivity contribution is 5.92. The zero-order valence-corrected chi connectivity index (χ0v) is 20.1. The molecule has 0 atom stereocenters. The molecule has 5 heterocycles. The van der Waals surface area contributed by atoms with Gasteiger partial charge in [0.15, 0.2) is 5.65 Å². The Morgan fingerprint density at radius 1 is 1.06 bits per heavy atom. The molecule has 7 heteroatoms. The number of aromatic amines is 1. The summed E-state index contributed by atoms with van der Waals surface area (Å²) in [6.07, 6.45) is 10.2. The van der Waals surface area contributed by atoms with Crippen molar-refractivity contribution in [3.63, 3.8) is 0 Å². The molecule has 0 saturated carbocycles. The molecule has 1 N–H and O–H groups in total. The largest absolute Gasteiger partial charge is 0.354 e. The number of hydrogen-bond acceptors (Lipinski definition) is 4. The first-order valence-corrected chi connectivity index (χ1v) is 12.2. The van der Waals surface area contributed by atoms with Crippen LogP contribution >= 0.6 is 0 Å². The molecule has 0 radical (unpaired) electrons. The van der Waals surface area contributed by atoms with Crippen molar-refractivity contribution in [2.45, 2.75) is 45.1 Å². The maximum absolute atomic E-state index is 4.33. The molecular formula is C27H31N7. The first-order valence-electron chi connectivity index (χ1n) is 12.2. The summed E-state index contributed by atoms with van der Waals surface area (Å²) >= 11 is 0. The van der Waals surface area contributed by atoms with E-state index in [1.807, 2.05) is 28.5 Å². The van der Waals surface area contributed by atoms with Gasteiger partial charge in [-0.2, -0.15) is 10.2 Å². The molecule has 1 aliphatic rings. The average Bonchev–Trinajstić information content (AvgIpc) is 3.56. The van der Waals surface area contributed by atoms with Crippen LogP contribution in [0.1, 0.15) is 55.2 Å². The molecule has 0 spiro atoms. The molecule has 0 unspecified atom stereocenters. The molecule has 1 saturated heterocycles. The third-order valence-corrected chi connectivity index (χ3v) is 7.23. The van der Waals surface area contributed by atoms with E-state index in [1.165, 1.54) is 46.1 Å². The maximum Gasteiger partial charge on any atom is 0.155 e. The second-order valence-electron chi connectivity index (χ2n) is 9.93. The van der Waals surface area contributed by atoms with Crippen molar-refractivity contribution >= 4 is 16.6 Å². The van der Waals surface area contributed by atoms with E-state index in [0.717, 1.165) is 30.8 Å². The second-order valence-corrected chi connectivity index (χ2v) is 9.93. The fraction of sp³-hybridized carbons (Fsp3) is 0.370. The number of piperidine rings is 1. The number of fused-ring (bicyclic) bond motifs is 2. The number of H-pyrrole nitrogens is 1. The van der Waals surface area contributed by atoms with Gasteiger partial charge < -0.3 is 4.98 Å². The lowest BCUT2D eigenvalue weighted by atomic mass is 9.87. The van der Waals surface area contributed by atoms with Crippen LogP contribution in [0.5, 0.6) is 0 Å². The van der Waals surface area contributed by atoms with Gasteiger partial charge in [0.25, 0.3) is 0 Å². The molecule has 34 heavy (non-hydrogen) atoms. The van der Waals surface area contributed by atoms with Crippen LogP contribution in [0.4, 0.5) is 0 Å². The summed E-state index contributed by atoms with van der Waals surface area (Å²) in [7, 11) is 1.98. The van der Waals surface area contributed by atoms with Crippen molar-refractivity contribution in [3.8, 4) is 11.3 Å². The van der Waals surface area contributed by atoms with Gasteiger partial charge in [-0.15, -0.1) is 0 Å². The molecule has 4 aromatic heterocycles. The van der Waals surface area contributed by atoms with Gasteiger partial charge in [0, 0.05) is 48.0 Å².